The maximum absolute atomic E-state index is 12.4. The van der Waals surface area contributed by atoms with Gasteiger partial charge < -0.3 is 19.5 Å². The Labute approximate surface area is 314 Å². The molecule has 0 bridgehead atoms. The van der Waals surface area contributed by atoms with Crippen LogP contribution in [0.3, 0.4) is 0 Å². The fraction of sp³-hybridized carbons (Fsp3) is 0.486. The van der Waals surface area contributed by atoms with Crippen LogP contribution in [0.25, 0.3) is 22.3 Å². The van der Waals surface area contributed by atoms with E-state index >= 15 is 0 Å². The summed E-state index contributed by atoms with van der Waals surface area (Å²) in [4.78, 5) is 18.3. The molecule has 4 aromatic rings. The van der Waals surface area contributed by atoms with Crippen LogP contribution in [-0.4, -0.2) is 111 Å². The molecule has 1 N–H and O–H groups in total. The molecule has 1 aromatic carbocycles. The van der Waals surface area contributed by atoms with Gasteiger partial charge >= 0.3 is 0 Å². The third-order valence-electron chi connectivity index (χ3n) is 10.2. The Kier molecular flexibility index (Phi) is 11.1. The van der Waals surface area contributed by atoms with Gasteiger partial charge in [0, 0.05) is 70.7 Å². The van der Waals surface area contributed by atoms with Gasteiger partial charge in [-0.05, 0) is 66.9 Å². The topological polar surface area (TPSA) is 143 Å². The highest BCUT2D eigenvalue weighted by Crippen LogP contribution is 2.33. The summed E-state index contributed by atoms with van der Waals surface area (Å²) in [5.74, 6) is 0.978. The number of hydrogen-bond acceptors (Lipinski definition) is 11. The van der Waals surface area contributed by atoms with Crippen molar-refractivity contribution in [3.05, 3.63) is 77.7 Å². The van der Waals surface area contributed by atoms with Gasteiger partial charge in [0.05, 0.1) is 34.8 Å². The van der Waals surface area contributed by atoms with Crippen LogP contribution in [0.4, 0.5) is 11.5 Å². The van der Waals surface area contributed by atoms with Gasteiger partial charge in [0.2, 0.25) is 10.0 Å². The second kappa shape index (κ2) is 15.6. The zero-order valence-electron chi connectivity index (χ0n) is 30.8. The van der Waals surface area contributed by atoms with Gasteiger partial charge in [-0.25, -0.2) is 26.8 Å². The molecular formula is C37H50N8O5S2Si. The van der Waals surface area contributed by atoms with E-state index in [0.29, 0.717) is 39.5 Å². The van der Waals surface area contributed by atoms with E-state index in [0.717, 1.165) is 83.6 Å². The summed E-state index contributed by atoms with van der Waals surface area (Å²) in [6.45, 7) is 12.3. The third kappa shape index (κ3) is 9.17. The quantitative estimate of drug-likeness (QED) is 0.148. The van der Waals surface area contributed by atoms with Gasteiger partial charge in [0.1, 0.15) is 24.5 Å². The van der Waals surface area contributed by atoms with Crippen molar-refractivity contribution in [2.45, 2.75) is 64.4 Å². The Morgan fingerprint density at radius 2 is 1.75 bits per heavy atom. The number of ether oxygens (including phenoxy) is 1. The summed E-state index contributed by atoms with van der Waals surface area (Å²) in [5, 5.41) is 5.72. The van der Waals surface area contributed by atoms with E-state index in [1.54, 1.807) is 16.7 Å². The number of hydrogen-bond donors (Lipinski definition) is 1. The molecule has 3 aliphatic heterocycles. The number of fused-ring (bicyclic) bond motifs is 1. The number of nitrogens with one attached hydrogen (secondary N) is 1. The minimum atomic E-state index is -3.29. The van der Waals surface area contributed by atoms with Crippen LogP contribution < -0.4 is 10.2 Å². The van der Waals surface area contributed by atoms with Crippen molar-refractivity contribution in [3.8, 4) is 11.3 Å². The number of piperidine rings is 1. The highest BCUT2D eigenvalue weighted by molar-refractivity contribution is 7.92. The molecule has 13 nitrogen and oxygen atoms in total. The summed E-state index contributed by atoms with van der Waals surface area (Å²) in [6.07, 6.45) is 6.99. The first-order chi connectivity index (χ1) is 25.3. The molecule has 0 radical (unpaired) electrons. The normalized spacial score (nSPS) is 20.7. The maximum Gasteiger partial charge on any atom is 0.236 e. The highest BCUT2D eigenvalue weighted by Gasteiger charge is 2.34. The molecule has 1 atom stereocenters. The minimum absolute atomic E-state index is 0.00391. The Bertz CT molecular complexity index is 2160. The van der Waals surface area contributed by atoms with Gasteiger partial charge in [-0.15, -0.1) is 0 Å². The van der Waals surface area contributed by atoms with Gasteiger partial charge in [0.25, 0.3) is 0 Å². The molecule has 284 valence electrons. The predicted molar refractivity (Wildman–Crippen MR) is 213 cm³/mol. The fourth-order valence-electron chi connectivity index (χ4n) is 7.28. The molecule has 6 heterocycles. The molecule has 0 spiro atoms. The Morgan fingerprint density at radius 1 is 0.962 bits per heavy atom. The molecule has 0 saturated carbocycles. The first-order valence-corrected chi connectivity index (χ1v) is 25.4. The average Bonchev–Trinajstić information content (AvgIpc) is 3.68. The number of anilines is 2. The molecule has 3 aromatic heterocycles. The SMILES string of the molecule is C[Si](C)(C)CCOCn1c(-c2ccc(NCc3cc(CN4CCC[C@@H](N5CC=CS5(=O)=O)C4)ccn3)cc2)cc2c(N3CCS(=O)(=O)CC3)ncnc21. The Balaban J connectivity index is 1.04. The van der Waals surface area contributed by atoms with Crippen LogP contribution in [0.15, 0.2) is 66.5 Å². The number of rotatable bonds is 13. The van der Waals surface area contributed by atoms with Crippen molar-refractivity contribution in [3.63, 3.8) is 0 Å². The molecule has 16 heteroatoms. The number of benzene rings is 1. The predicted octanol–water partition coefficient (Wildman–Crippen LogP) is 4.78. The van der Waals surface area contributed by atoms with E-state index in [1.807, 2.05) is 17.2 Å². The van der Waals surface area contributed by atoms with Crippen molar-refractivity contribution >= 4 is 50.5 Å². The lowest BCUT2D eigenvalue weighted by Gasteiger charge is -2.36. The monoisotopic (exact) mass is 778 g/mol. The van der Waals surface area contributed by atoms with Crippen LogP contribution in [-0.2, 0) is 44.4 Å². The van der Waals surface area contributed by atoms with E-state index < -0.39 is 27.9 Å². The van der Waals surface area contributed by atoms with E-state index in [1.165, 1.54) is 5.41 Å². The van der Waals surface area contributed by atoms with Crippen LogP contribution in [0.2, 0.25) is 25.7 Å². The number of nitrogens with zero attached hydrogens (tertiary/aromatic N) is 7. The first kappa shape index (κ1) is 37.6. The van der Waals surface area contributed by atoms with Crippen LogP contribution in [0.1, 0.15) is 24.1 Å². The second-order valence-corrected chi connectivity index (χ2v) is 25.2. The smallest absolute Gasteiger partial charge is 0.236 e. The minimum Gasteiger partial charge on any atom is -0.379 e. The summed E-state index contributed by atoms with van der Waals surface area (Å²) in [5.41, 5.74) is 5.77. The van der Waals surface area contributed by atoms with Crippen molar-refractivity contribution in [2.75, 3.05) is 61.1 Å². The molecule has 3 aliphatic rings. The lowest BCUT2D eigenvalue weighted by molar-refractivity contribution is 0.0909. The maximum atomic E-state index is 12.4. The standard InChI is InChI=1S/C37H50N8O5S2Si/c1-53(2,3)21-17-50-28-44-35(23-34-36(40-27-41-37(34)44)43-15-19-51(46,47)20-16-43)30-7-9-31(10-8-30)39-24-32-22-29(11-12-38-32)25-42-13-4-6-33(26-42)45-14-5-18-52(45,48)49/h5,7-12,18,22-23,27,33,39H,4,6,13-17,19-21,24-26,28H2,1-3H3/t33-/m1/s1. The summed E-state index contributed by atoms with van der Waals surface area (Å²) in [7, 11) is -7.59. The number of sulfonamides is 1. The Morgan fingerprint density at radius 3 is 2.49 bits per heavy atom. The second-order valence-electron chi connectivity index (χ2n) is 15.5. The number of sulfone groups is 1. The molecule has 0 aliphatic carbocycles. The van der Waals surface area contributed by atoms with Crippen molar-refractivity contribution < 1.29 is 21.6 Å². The number of pyridine rings is 1. The molecular weight excluding hydrogens is 729 g/mol. The number of aromatic nitrogens is 4. The third-order valence-corrected chi connectivity index (χ3v) is 15.2. The van der Waals surface area contributed by atoms with E-state index in [4.69, 9.17) is 4.74 Å². The van der Waals surface area contributed by atoms with E-state index in [9.17, 15) is 16.8 Å². The molecule has 2 saturated heterocycles. The highest BCUT2D eigenvalue weighted by atomic mass is 32.2. The van der Waals surface area contributed by atoms with Crippen molar-refractivity contribution in [2.24, 2.45) is 0 Å². The van der Waals surface area contributed by atoms with Gasteiger partial charge in [-0.3, -0.25) is 9.88 Å². The van der Waals surface area contributed by atoms with Gasteiger partial charge in [-0.1, -0.05) is 37.8 Å². The molecule has 0 unspecified atom stereocenters. The summed E-state index contributed by atoms with van der Waals surface area (Å²) < 4.78 is 59.1. The number of likely N-dealkylation sites (tertiary alicyclic amines) is 1. The molecule has 0 amide bonds. The van der Waals surface area contributed by atoms with Gasteiger partial charge in [0.15, 0.2) is 9.84 Å². The lowest BCUT2D eigenvalue weighted by atomic mass is 10.0. The summed E-state index contributed by atoms with van der Waals surface area (Å²) >= 11 is 0. The van der Waals surface area contributed by atoms with Crippen LogP contribution in [0.5, 0.6) is 0 Å². The van der Waals surface area contributed by atoms with Crippen LogP contribution in [0, 0.1) is 0 Å². The fourth-order valence-corrected chi connectivity index (χ4v) is 10.6. The molecule has 53 heavy (non-hydrogen) atoms. The van der Waals surface area contributed by atoms with Crippen molar-refractivity contribution in [1.29, 1.82) is 0 Å². The van der Waals surface area contributed by atoms with E-state index in [-0.39, 0.29) is 17.5 Å². The largest absolute Gasteiger partial charge is 0.379 e. The summed E-state index contributed by atoms with van der Waals surface area (Å²) in [6, 6.07) is 15.6. The molecule has 2 fully saturated rings. The Hall–Kier alpha value is -3.67. The zero-order valence-corrected chi connectivity index (χ0v) is 33.4. The van der Waals surface area contributed by atoms with Crippen LogP contribution >= 0.6 is 0 Å². The first-order valence-electron chi connectivity index (χ1n) is 18.4. The lowest BCUT2D eigenvalue weighted by Crippen LogP contribution is -2.48. The molecule has 7 rings (SSSR count). The average molecular weight is 779 g/mol. The van der Waals surface area contributed by atoms with E-state index in [2.05, 4.69) is 85.8 Å². The van der Waals surface area contributed by atoms with Gasteiger partial charge in [-0.2, -0.15) is 4.31 Å². The zero-order chi connectivity index (χ0) is 37.2. The van der Waals surface area contributed by atoms with Crippen molar-refractivity contribution in [1.82, 2.24) is 28.7 Å².